The molecule has 0 heterocycles. The average Bonchev–Trinajstić information content (AvgIpc) is 2.61. The van der Waals surface area contributed by atoms with Crippen LogP contribution in [0.5, 0.6) is 5.75 Å². The second-order valence-electron chi connectivity index (χ2n) is 5.07. The topological polar surface area (TPSA) is 73.6 Å². The summed E-state index contributed by atoms with van der Waals surface area (Å²) in [5.74, 6) is 0.684. The van der Waals surface area contributed by atoms with E-state index < -0.39 is 0 Å². The second-order valence-corrected chi connectivity index (χ2v) is 5.07. The van der Waals surface area contributed by atoms with Crippen molar-refractivity contribution < 1.29 is 14.3 Å². The molecule has 0 atom stereocenters. The summed E-state index contributed by atoms with van der Waals surface area (Å²) in [6, 6.07) is 14.9. The Hall–Kier alpha value is -2.37. The maximum Gasteiger partial charge on any atom is 0.251 e. The molecule has 0 saturated heterocycles. The number of amides is 1. The minimum atomic E-state index is -0.103. The van der Waals surface area contributed by atoms with Crippen molar-refractivity contribution >= 4 is 5.91 Å². The van der Waals surface area contributed by atoms with Crippen LogP contribution in [0, 0.1) is 0 Å². The third-order valence-electron chi connectivity index (χ3n) is 3.38. The van der Waals surface area contributed by atoms with Crippen LogP contribution < -0.4 is 15.8 Å². The molecule has 0 bridgehead atoms. The highest BCUT2D eigenvalue weighted by atomic mass is 16.5. The summed E-state index contributed by atoms with van der Waals surface area (Å²) in [5, 5.41) is 2.89. The Morgan fingerprint density at radius 3 is 2.26 bits per heavy atom. The Morgan fingerprint density at radius 1 is 1.00 bits per heavy atom. The van der Waals surface area contributed by atoms with Gasteiger partial charge in [0.1, 0.15) is 12.4 Å². The summed E-state index contributed by atoms with van der Waals surface area (Å²) < 4.78 is 10.4. The van der Waals surface area contributed by atoms with Crippen molar-refractivity contribution in [3.8, 4) is 5.75 Å². The van der Waals surface area contributed by atoms with E-state index in [1.807, 2.05) is 36.4 Å². The van der Waals surface area contributed by atoms with Gasteiger partial charge in [-0.1, -0.05) is 24.3 Å². The molecule has 2 rings (SSSR count). The third kappa shape index (κ3) is 5.39. The maximum atomic E-state index is 12.1. The molecule has 0 aromatic heterocycles. The number of carbonyl (C=O) groups is 1. The van der Waals surface area contributed by atoms with Crippen molar-refractivity contribution in [1.82, 2.24) is 5.32 Å². The van der Waals surface area contributed by atoms with Gasteiger partial charge in [-0.15, -0.1) is 0 Å². The fourth-order valence-electron chi connectivity index (χ4n) is 2.02. The summed E-state index contributed by atoms with van der Waals surface area (Å²) in [7, 11) is 1.64. The number of ether oxygens (including phenoxy) is 2. The van der Waals surface area contributed by atoms with Gasteiger partial charge in [-0.25, -0.2) is 0 Å². The highest BCUT2D eigenvalue weighted by Crippen LogP contribution is 2.12. The summed E-state index contributed by atoms with van der Waals surface area (Å²) in [4.78, 5) is 12.1. The van der Waals surface area contributed by atoms with E-state index in [2.05, 4.69) is 5.32 Å². The largest absolute Gasteiger partial charge is 0.491 e. The first-order valence-corrected chi connectivity index (χ1v) is 7.51. The van der Waals surface area contributed by atoms with Crippen molar-refractivity contribution in [1.29, 1.82) is 0 Å². The normalized spacial score (nSPS) is 10.3. The van der Waals surface area contributed by atoms with Gasteiger partial charge in [0.25, 0.3) is 5.91 Å². The van der Waals surface area contributed by atoms with Gasteiger partial charge in [0.2, 0.25) is 0 Å². The molecule has 1 amide bonds. The first-order valence-electron chi connectivity index (χ1n) is 7.51. The molecule has 5 nitrogen and oxygen atoms in total. The van der Waals surface area contributed by atoms with E-state index in [1.165, 1.54) is 0 Å². The maximum absolute atomic E-state index is 12.1. The highest BCUT2D eigenvalue weighted by molar-refractivity contribution is 5.94. The number of nitrogens with two attached hydrogens (primary N) is 1. The van der Waals surface area contributed by atoms with Gasteiger partial charge >= 0.3 is 0 Å². The molecule has 122 valence electrons. The molecule has 0 aliphatic rings. The first kappa shape index (κ1) is 17.0. The van der Waals surface area contributed by atoms with Crippen molar-refractivity contribution in [3.63, 3.8) is 0 Å². The number of nitrogens with one attached hydrogen (secondary N) is 1. The van der Waals surface area contributed by atoms with Crippen molar-refractivity contribution in [2.75, 3.05) is 20.3 Å². The summed E-state index contributed by atoms with van der Waals surface area (Å²) >= 11 is 0. The summed E-state index contributed by atoms with van der Waals surface area (Å²) in [6.45, 7) is 2.02. The summed E-state index contributed by atoms with van der Waals surface area (Å²) in [5.41, 5.74) is 8.19. The Labute approximate surface area is 136 Å². The van der Waals surface area contributed by atoms with Crippen LogP contribution in [0.2, 0.25) is 0 Å². The molecule has 2 aromatic rings. The van der Waals surface area contributed by atoms with E-state index in [9.17, 15) is 4.79 Å². The monoisotopic (exact) mass is 314 g/mol. The van der Waals surface area contributed by atoms with Crippen LogP contribution in [0.4, 0.5) is 0 Å². The number of carbonyl (C=O) groups excluding carboxylic acids is 1. The second kappa shape index (κ2) is 8.92. The molecular weight excluding hydrogens is 292 g/mol. The lowest BCUT2D eigenvalue weighted by molar-refractivity contribution is 0.0951. The van der Waals surface area contributed by atoms with E-state index in [-0.39, 0.29) is 5.91 Å². The van der Waals surface area contributed by atoms with Gasteiger partial charge in [0, 0.05) is 25.8 Å². The lowest BCUT2D eigenvalue weighted by Gasteiger charge is -2.08. The van der Waals surface area contributed by atoms with E-state index in [0.717, 1.165) is 16.9 Å². The molecule has 23 heavy (non-hydrogen) atoms. The first-order chi connectivity index (χ1) is 11.2. The fourth-order valence-corrected chi connectivity index (χ4v) is 2.02. The van der Waals surface area contributed by atoms with Crippen LogP contribution in [0.25, 0.3) is 0 Å². The van der Waals surface area contributed by atoms with Crippen LogP contribution in [-0.2, 0) is 17.8 Å². The van der Waals surface area contributed by atoms with Crippen molar-refractivity contribution in [2.24, 2.45) is 5.73 Å². The Kier molecular flexibility index (Phi) is 6.59. The number of benzene rings is 2. The number of hydrogen-bond donors (Lipinski definition) is 2. The van der Waals surface area contributed by atoms with E-state index >= 15 is 0 Å². The molecule has 0 unspecified atom stereocenters. The zero-order valence-corrected chi connectivity index (χ0v) is 13.2. The van der Waals surface area contributed by atoms with Gasteiger partial charge in [-0.3, -0.25) is 4.79 Å². The predicted molar refractivity (Wildman–Crippen MR) is 89.3 cm³/mol. The van der Waals surface area contributed by atoms with Crippen molar-refractivity contribution in [2.45, 2.75) is 13.1 Å². The minimum Gasteiger partial charge on any atom is -0.491 e. The fraction of sp³-hybridized carbons (Fsp3) is 0.278. The zero-order chi connectivity index (χ0) is 16.5. The van der Waals surface area contributed by atoms with E-state index in [1.54, 1.807) is 19.2 Å². The third-order valence-corrected chi connectivity index (χ3v) is 3.38. The lowest BCUT2D eigenvalue weighted by Crippen LogP contribution is -2.22. The van der Waals surface area contributed by atoms with Gasteiger partial charge in [-0.2, -0.15) is 0 Å². The number of methoxy groups -OCH3 is 1. The molecule has 5 heteroatoms. The van der Waals surface area contributed by atoms with Crippen LogP contribution in [0.3, 0.4) is 0 Å². The van der Waals surface area contributed by atoms with Gasteiger partial charge in [0.15, 0.2) is 0 Å². The molecule has 3 N–H and O–H groups in total. The van der Waals surface area contributed by atoms with Gasteiger partial charge in [-0.05, 0) is 35.4 Å². The molecule has 0 saturated carbocycles. The molecule has 0 spiro atoms. The average molecular weight is 314 g/mol. The van der Waals surface area contributed by atoms with Crippen LogP contribution in [0.1, 0.15) is 21.5 Å². The molecular formula is C18H22N2O3. The van der Waals surface area contributed by atoms with E-state index in [4.69, 9.17) is 15.2 Å². The highest BCUT2D eigenvalue weighted by Gasteiger charge is 2.05. The Morgan fingerprint density at radius 2 is 1.65 bits per heavy atom. The molecule has 2 aromatic carbocycles. The standard InChI is InChI=1S/C18H22N2O3/c1-22-10-11-23-17-8-4-15(5-9-17)13-20-18(21)16-6-2-14(12-19)3-7-16/h2-9H,10-13,19H2,1H3,(H,20,21). The van der Waals surface area contributed by atoms with Gasteiger partial charge < -0.3 is 20.5 Å². The molecule has 0 fully saturated rings. The van der Waals surface area contributed by atoms with Crippen LogP contribution in [0.15, 0.2) is 48.5 Å². The smallest absolute Gasteiger partial charge is 0.251 e. The molecule has 0 aliphatic heterocycles. The quantitative estimate of drug-likeness (QED) is 0.732. The minimum absolute atomic E-state index is 0.103. The summed E-state index contributed by atoms with van der Waals surface area (Å²) in [6.07, 6.45) is 0. The number of hydrogen-bond acceptors (Lipinski definition) is 4. The predicted octanol–water partition coefficient (Wildman–Crippen LogP) is 2.10. The Bertz CT molecular complexity index is 609. The van der Waals surface area contributed by atoms with Crippen molar-refractivity contribution in [3.05, 3.63) is 65.2 Å². The lowest BCUT2D eigenvalue weighted by atomic mass is 10.1. The van der Waals surface area contributed by atoms with Crippen LogP contribution in [-0.4, -0.2) is 26.2 Å². The molecule has 0 aliphatic carbocycles. The van der Waals surface area contributed by atoms with Gasteiger partial charge in [0.05, 0.1) is 6.61 Å². The zero-order valence-electron chi connectivity index (χ0n) is 13.2. The number of rotatable bonds is 8. The molecule has 0 radical (unpaired) electrons. The van der Waals surface area contributed by atoms with Crippen LogP contribution >= 0.6 is 0 Å². The van der Waals surface area contributed by atoms with E-state index in [0.29, 0.717) is 31.9 Å². The Balaban J connectivity index is 1.83. The SMILES string of the molecule is COCCOc1ccc(CNC(=O)c2ccc(CN)cc2)cc1.